The van der Waals surface area contributed by atoms with Crippen molar-refractivity contribution in [2.75, 3.05) is 13.6 Å². The average molecular weight is 151 g/mol. The molecule has 0 aromatic rings. The first-order chi connectivity index (χ1) is 4.50. The van der Waals surface area contributed by atoms with Crippen molar-refractivity contribution in [2.24, 2.45) is 5.92 Å². The molecule has 0 spiro atoms. The van der Waals surface area contributed by atoms with Crippen LogP contribution in [0.4, 0.5) is 13.2 Å². The van der Waals surface area contributed by atoms with Crippen LogP contribution >= 0.6 is 0 Å². The third-order valence-corrected chi connectivity index (χ3v) is 1.48. The summed E-state index contributed by atoms with van der Waals surface area (Å²) in [5.41, 5.74) is 0. The molecule has 0 aromatic carbocycles. The van der Waals surface area contributed by atoms with Crippen LogP contribution in [0.2, 0.25) is 0 Å². The molecule has 1 aliphatic heterocycles. The third-order valence-electron chi connectivity index (χ3n) is 1.48. The first-order valence-electron chi connectivity index (χ1n) is 2.95. The van der Waals surface area contributed by atoms with Gasteiger partial charge in [0.05, 0.1) is 5.92 Å². The number of hydrogen-bond donors (Lipinski definition) is 0. The number of rotatable bonds is 0. The van der Waals surface area contributed by atoms with E-state index in [1.165, 1.54) is 17.2 Å². The zero-order valence-electron chi connectivity index (χ0n) is 5.52. The van der Waals surface area contributed by atoms with Crippen LogP contribution in [0.3, 0.4) is 0 Å². The second-order valence-electron chi connectivity index (χ2n) is 2.43. The van der Waals surface area contributed by atoms with Crippen molar-refractivity contribution in [3.63, 3.8) is 0 Å². The van der Waals surface area contributed by atoms with Crippen molar-refractivity contribution < 1.29 is 13.2 Å². The molecule has 0 saturated carbocycles. The van der Waals surface area contributed by atoms with E-state index in [0.717, 1.165) is 0 Å². The number of nitrogens with zero attached hydrogens (tertiary/aromatic N) is 1. The highest BCUT2D eigenvalue weighted by atomic mass is 19.4. The summed E-state index contributed by atoms with van der Waals surface area (Å²) < 4.78 is 35.6. The van der Waals surface area contributed by atoms with Gasteiger partial charge in [0.25, 0.3) is 0 Å². The van der Waals surface area contributed by atoms with E-state index in [1.807, 2.05) is 0 Å². The molecule has 0 radical (unpaired) electrons. The normalized spacial score (nSPS) is 26.0. The Kier molecular flexibility index (Phi) is 1.62. The molecule has 0 fully saturated rings. The molecule has 1 heterocycles. The molecule has 0 aromatic heterocycles. The molecule has 1 atom stereocenters. The monoisotopic (exact) mass is 151 g/mol. The Bertz CT molecular complexity index is 150. The molecular formula is C6H8F3N. The van der Waals surface area contributed by atoms with E-state index in [9.17, 15) is 13.2 Å². The fraction of sp³-hybridized carbons (Fsp3) is 0.667. The summed E-state index contributed by atoms with van der Waals surface area (Å²) in [7, 11) is 1.63. The zero-order valence-corrected chi connectivity index (χ0v) is 5.52. The quantitative estimate of drug-likeness (QED) is 0.508. The van der Waals surface area contributed by atoms with Crippen molar-refractivity contribution in [3.05, 3.63) is 12.3 Å². The molecule has 4 heteroatoms. The van der Waals surface area contributed by atoms with E-state index < -0.39 is 12.1 Å². The van der Waals surface area contributed by atoms with Gasteiger partial charge in [0.15, 0.2) is 0 Å². The Morgan fingerprint density at radius 1 is 1.50 bits per heavy atom. The molecule has 1 aliphatic rings. The summed E-state index contributed by atoms with van der Waals surface area (Å²) in [4.78, 5) is 1.53. The summed E-state index contributed by atoms with van der Waals surface area (Å²) in [6, 6.07) is 0. The van der Waals surface area contributed by atoms with Crippen molar-refractivity contribution in [1.29, 1.82) is 0 Å². The smallest absolute Gasteiger partial charge is 0.380 e. The fourth-order valence-electron chi connectivity index (χ4n) is 0.895. The van der Waals surface area contributed by atoms with Gasteiger partial charge in [0.2, 0.25) is 0 Å². The first-order valence-corrected chi connectivity index (χ1v) is 2.95. The van der Waals surface area contributed by atoms with Gasteiger partial charge in [-0.3, -0.25) is 0 Å². The third kappa shape index (κ3) is 1.43. The summed E-state index contributed by atoms with van der Waals surface area (Å²) in [6.45, 7) is 0.0590. The maximum Gasteiger partial charge on any atom is 0.396 e. The summed E-state index contributed by atoms with van der Waals surface area (Å²) in [6.07, 6.45) is -1.43. The molecule has 0 aliphatic carbocycles. The largest absolute Gasteiger partial charge is 0.396 e. The lowest BCUT2D eigenvalue weighted by Gasteiger charge is -2.14. The lowest BCUT2D eigenvalue weighted by atomic mass is 10.1. The molecule has 1 nitrogen and oxygen atoms in total. The van der Waals surface area contributed by atoms with Gasteiger partial charge in [-0.15, -0.1) is 0 Å². The number of hydrogen-bond acceptors (Lipinski definition) is 1. The number of alkyl halides is 3. The summed E-state index contributed by atoms with van der Waals surface area (Å²) >= 11 is 0. The van der Waals surface area contributed by atoms with Crippen LogP contribution in [0.25, 0.3) is 0 Å². The highest BCUT2D eigenvalue weighted by Crippen LogP contribution is 2.30. The second kappa shape index (κ2) is 2.18. The summed E-state index contributed by atoms with van der Waals surface area (Å²) in [5.74, 6) is -1.27. The maximum absolute atomic E-state index is 11.9. The molecular weight excluding hydrogens is 143 g/mol. The van der Waals surface area contributed by atoms with Gasteiger partial charge in [0, 0.05) is 13.6 Å². The Hall–Kier alpha value is -0.670. The molecule has 1 rings (SSSR count). The van der Waals surface area contributed by atoms with Gasteiger partial charge in [-0.2, -0.15) is 13.2 Å². The molecule has 58 valence electrons. The Morgan fingerprint density at radius 3 is 2.30 bits per heavy atom. The lowest BCUT2D eigenvalue weighted by Crippen LogP contribution is -2.26. The Morgan fingerprint density at radius 2 is 2.10 bits per heavy atom. The van der Waals surface area contributed by atoms with E-state index in [1.54, 1.807) is 7.05 Å². The van der Waals surface area contributed by atoms with Crippen molar-refractivity contribution in [2.45, 2.75) is 6.18 Å². The minimum Gasteiger partial charge on any atom is -0.380 e. The Labute approximate surface area is 57.1 Å². The predicted octanol–water partition coefficient (Wildman–Crippen LogP) is 1.62. The van der Waals surface area contributed by atoms with Crippen molar-refractivity contribution in [3.8, 4) is 0 Å². The van der Waals surface area contributed by atoms with Crippen molar-refractivity contribution in [1.82, 2.24) is 4.90 Å². The molecule has 0 bridgehead atoms. The summed E-state index contributed by atoms with van der Waals surface area (Å²) in [5, 5.41) is 0. The number of halogens is 3. The van der Waals surface area contributed by atoms with Gasteiger partial charge < -0.3 is 4.90 Å². The first kappa shape index (κ1) is 7.44. The van der Waals surface area contributed by atoms with Gasteiger partial charge in [-0.1, -0.05) is 6.08 Å². The predicted molar refractivity (Wildman–Crippen MR) is 31.3 cm³/mol. The van der Waals surface area contributed by atoms with Crippen LogP contribution in [0.5, 0.6) is 0 Å². The van der Waals surface area contributed by atoms with Crippen LogP contribution in [0.15, 0.2) is 12.3 Å². The van der Waals surface area contributed by atoms with E-state index in [0.29, 0.717) is 0 Å². The zero-order chi connectivity index (χ0) is 7.78. The SMILES string of the molecule is CN1C=CC(C(F)(F)F)C1. The van der Waals surface area contributed by atoms with Crippen LogP contribution in [-0.2, 0) is 0 Å². The average Bonchev–Trinajstić information content (AvgIpc) is 2.11. The van der Waals surface area contributed by atoms with E-state index >= 15 is 0 Å². The van der Waals surface area contributed by atoms with Gasteiger partial charge in [-0.05, 0) is 6.20 Å². The van der Waals surface area contributed by atoms with Crippen LogP contribution in [0, 0.1) is 5.92 Å². The molecule has 10 heavy (non-hydrogen) atoms. The van der Waals surface area contributed by atoms with Gasteiger partial charge >= 0.3 is 6.18 Å². The maximum atomic E-state index is 11.9. The topological polar surface area (TPSA) is 3.24 Å². The van der Waals surface area contributed by atoms with Crippen LogP contribution < -0.4 is 0 Å². The van der Waals surface area contributed by atoms with Gasteiger partial charge in [0.1, 0.15) is 0 Å². The second-order valence-corrected chi connectivity index (χ2v) is 2.43. The highest BCUT2D eigenvalue weighted by Gasteiger charge is 2.39. The molecule has 0 N–H and O–H groups in total. The van der Waals surface area contributed by atoms with Crippen LogP contribution in [0.1, 0.15) is 0 Å². The van der Waals surface area contributed by atoms with Crippen LogP contribution in [-0.4, -0.2) is 24.7 Å². The minimum atomic E-state index is -4.07. The Balaban J connectivity index is 2.55. The van der Waals surface area contributed by atoms with E-state index in [-0.39, 0.29) is 6.54 Å². The molecule has 1 unspecified atom stereocenters. The standard InChI is InChI=1S/C6H8F3N/c1-10-3-2-5(4-10)6(7,8)9/h2-3,5H,4H2,1H3. The lowest BCUT2D eigenvalue weighted by molar-refractivity contribution is -0.160. The van der Waals surface area contributed by atoms with E-state index in [4.69, 9.17) is 0 Å². The molecule has 0 amide bonds. The molecule has 0 saturated heterocycles. The minimum absolute atomic E-state index is 0.0590. The van der Waals surface area contributed by atoms with E-state index in [2.05, 4.69) is 0 Å². The highest BCUT2D eigenvalue weighted by molar-refractivity contribution is 4.99. The fourth-order valence-corrected chi connectivity index (χ4v) is 0.895. The van der Waals surface area contributed by atoms with Gasteiger partial charge in [-0.25, -0.2) is 0 Å². The van der Waals surface area contributed by atoms with Crippen molar-refractivity contribution >= 4 is 0 Å².